The van der Waals surface area contributed by atoms with Crippen LogP contribution in [0.1, 0.15) is 34.1 Å². The van der Waals surface area contributed by atoms with Crippen molar-refractivity contribution in [3.05, 3.63) is 69.7 Å². The minimum atomic E-state index is 0.139. The van der Waals surface area contributed by atoms with Gasteiger partial charge in [-0.2, -0.15) is 6.42 Å². The first kappa shape index (κ1) is 32.0. The normalized spacial score (nSPS) is 14.9. The van der Waals surface area contributed by atoms with Gasteiger partial charge in [-0.3, -0.25) is 4.98 Å². The molecule has 1 saturated heterocycles. The Morgan fingerprint density at radius 1 is 1.09 bits per heavy atom. The summed E-state index contributed by atoms with van der Waals surface area (Å²) in [4.78, 5) is 6.17. The molecule has 2 heterocycles. The van der Waals surface area contributed by atoms with Gasteiger partial charge in [0.15, 0.2) is 0 Å². The monoisotopic (exact) mass is 495 g/mol. The van der Waals surface area contributed by atoms with E-state index in [4.69, 9.17) is 4.74 Å². The van der Waals surface area contributed by atoms with E-state index >= 15 is 0 Å². The summed E-state index contributed by atoms with van der Waals surface area (Å²) in [6.07, 6.45) is 4.51. The van der Waals surface area contributed by atoms with Crippen molar-refractivity contribution in [3.63, 3.8) is 0 Å². The Labute approximate surface area is 198 Å². The van der Waals surface area contributed by atoms with Crippen LogP contribution in [0, 0.1) is 27.8 Å². The summed E-state index contributed by atoms with van der Waals surface area (Å²) in [7, 11) is 0. The molecular weight excluding hydrogens is 463 g/mol. The zero-order valence-electron chi connectivity index (χ0n) is 18.9. The van der Waals surface area contributed by atoms with Crippen LogP contribution in [-0.2, 0) is 20.3 Å². The van der Waals surface area contributed by atoms with Crippen molar-refractivity contribution in [2.75, 3.05) is 32.8 Å². The van der Waals surface area contributed by atoms with E-state index in [1.165, 1.54) is 27.7 Å². The minimum Gasteiger partial charge on any atom is -0.379 e. The fourth-order valence-electron chi connectivity index (χ4n) is 1.69. The van der Waals surface area contributed by atoms with Crippen LogP contribution in [0.5, 0.6) is 0 Å². The van der Waals surface area contributed by atoms with E-state index in [1.807, 2.05) is 18.2 Å². The molecule has 0 amide bonds. The molecule has 1 aliphatic rings. The molecule has 32 heavy (non-hydrogen) atoms. The van der Waals surface area contributed by atoms with Crippen LogP contribution in [0.25, 0.3) is 0 Å². The van der Waals surface area contributed by atoms with Gasteiger partial charge in [-0.25, -0.2) is 0 Å². The van der Waals surface area contributed by atoms with Crippen LogP contribution in [0.15, 0.2) is 52.3 Å². The van der Waals surface area contributed by atoms with Gasteiger partial charge in [0.2, 0.25) is 0 Å². The van der Waals surface area contributed by atoms with E-state index in [2.05, 4.69) is 42.7 Å². The fraction of sp³-hybridized carbons (Fsp3) is 0.500. The third kappa shape index (κ3) is 18.5. The summed E-state index contributed by atoms with van der Waals surface area (Å²) in [5, 5.41) is 44.3. The van der Waals surface area contributed by atoms with Crippen LogP contribution in [-0.4, -0.2) is 57.9 Å². The number of allylic oxidation sites excluding steroid dienone is 2. The second kappa shape index (κ2) is 22.0. The molecule has 2 rings (SSSR count). The van der Waals surface area contributed by atoms with Gasteiger partial charge in [0.1, 0.15) is 0 Å². The number of nitrogens with one attached hydrogen (secondary N) is 1. The van der Waals surface area contributed by atoms with E-state index in [1.54, 1.807) is 17.9 Å². The van der Waals surface area contributed by atoms with Gasteiger partial charge >= 0.3 is 60.4 Å². The van der Waals surface area contributed by atoms with Crippen LogP contribution in [0.3, 0.4) is 0 Å². The zero-order valence-corrected chi connectivity index (χ0v) is 20.0. The van der Waals surface area contributed by atoms with Crippen LogP contribution < -0.4 is 5.48 Å². The van der Waals surface area contributed by atoms with Crippen molar-refractivity contribution in [1.29, 1.82) is 0 Å². The topological polar surface area (TPSA) is 157 Å². The number of hydroxylamine groups is 2. The first-order chi connectivity index (χ1) is 15.2. The largest absolute Gasteiger partial charge is 0.379 e. The fourth-order valence-corrected chi connectivity index (χ4v) is 1.87. The maximum absolute atomic E-state index is 10.3. The zero-order chi connectivity index (χ0) is 24.8. The summed E-state index contributed by atoms with van der Waals surface area (Å²) >= 11 is 3.47. The van der Waals surface area contributed by atoms with Crippen LogP contribution in [0.4, 0.5) is 0 Å². The molecule has 1 aromatic rings. The Hall–Kier alpha value is -2.22. The number of morpholine rings is 1. The summed E-state index contributed by atoms with van der Waals surface area (Å²) < 4.78 is 5.51. The van der Waals surface area contributed by atoms with E-state index in [9.17, 15) is 20.8 Å². The summed E-state index contributed by atoms with van der Waals surface area (Å²) in [6, 6.07) is 5.72. The molecule has 0 bridgehead atoms. The predicted molar refractivity (Wildman–Crippen MR) is 123 cm³/mol. The molecule has 12 heteroatoms. The van der Waals surface area contributed by atoms with Crippen molar-refractivity contribution in [3.8, 4) is 0 Å². The number of pyridine rings is 1. The van der Waals surface area contributed by atoms with Crippen LogP contribution >= 0.6 is 0 Å². The van der Waals surface area contributed by atoms with Crippen molar-refractivity contribution in [1.82, 2.24) is 15.4 Å². The summed E-state index contributed by atoms with van der Waals surface area (Å²) in [5.41, 5.74) is 2.41. The van der Waals surface area contributed by atoms with E-state index in [0.717, 1.165) is 39.3 Å². The molecule has 1 aromatic heterocycles. The Balaban J connectivity index is 0. The minimum absolute atomic E-state index is 0.139. The molecule has 0 aromatic carbocycles. The first-order valence-electron chi connectivity index (χ1n) is 9.70. The number of aromatic nitrogens is 1. The number of rotatable bonds is 5. The summed E-state index contributed by atoms with van der Waals surface area (Å²) in [6.45, 7) is 14.8. The summed E-state index contributed by atoms with van der Waals surface area (Å²) in [5.74, 6) is 0. The van der Waals surface area contributed by atoms with E-state index in [0.29, 0.717) is 3.74 Å². The Kier molecular flexibility index (Phi) is 22.0. The maximum atomic E-state index is 10.3. The smallest absolute Gasteiger partial charge is 0.0594 e. The molecule has 0 unspecified atom stereocenters. The molecule has 185 valence electrons. The number of ether oxygens (including phenoxy) is 1. The van der Waals surface area contributed by atoms with Crippen molar-refractivity contribution in [2.45, 2.75) is 34.1 Å². The van der Waals surface area contributed by atoms with Gasteiger partial charge in [0, 0.05) is 36.9 Å². The Morgan fingerprint density at radius 3 is 1.84 bits per heavy atom. The maximum Gasteiger partial charge on any atom is 0.0594 e. The molecule has 1 fully saturated rings. The molecule has 0 spiro atoms. The second-order valence-corrected chi connectivity index (χ2v) is 6.65. The van der Waals surface area contributed by atoms with Gasteiger partial charge in [-0.15, -0.1) is 0 Å². The van der Waals surface area contributed by atoms with Crippen molar-refractivity contribution < 1.29 is 24.0 Å². The van der Waals surface area contributed by atoms with Gasteiger partial charge < -0.3 is 37.3 Å². The molecule has 1 N–H and O–H groups in total. The van der Waals surface area contributed by atoms with Gasteiger partial charge in [-0.1, -0.05) is 6.07 Å². The van der Waals surface area contributed by atoms with Gasteiger partial charge in [0.05, 0.1) is 13.2 Å². The average Bonchev–Trinajstić information content (AvgIpc) is 2.85. The van der Waals surface area contributed by atoms with Crippen molar-refractivity contribution >= 4 is 11.4 Å². The third-order valence-electron chi connectivity index (χ3n) is 3.89. The van der Waals surface area contributed by atoms with Gasteiger partial charge in [-0.05, 0) is 32.5 Å². The molecule has 1 aliphatic heterocycles. The van der Waals surface area contributed by atoms with E-state index < -0.39 is 0 Å². The Bertz CT molecular complexity index is 650. The standard InChI is InChI=1S/C7H14NO.C5H5N.C4H8N2O2.C4H7N2O2.Co/c1-2-3-8-4-6-9-7-5-8;1-2-4-6-5-3-1;2*1-3(5-7)4(2)6-8;/h1-7H2;1-5H;7-8H,1-2H3;5H,1-2H3;/q-1;;;-1;/p-2. The predicted octanol–water partition coefficient (Wildman–Crippen LogP) is 3.09. The second-order valence-electron chi connectivity index (χ2n) is 6.22. The molecule has 0 aliphatic carbocycles. The third-order valence-corrected chi connectivity index (χ3v) is 4.24. The van der Waals surface area contributed by atoms with Crippen LogP contribution in [0.2, 0.25) is 0 Å². The number of hydrogen-bond donors (Lipinski definition) is 1. The molecule has 0 saturated carbocycles. The SMILES string of the molecule is CC(=N[O-])C(C)=N[O-].CC(N[O-])=C(C)[N+]([O-])=[Co].[CH2-]CCN1CCOCC1.c1ccncc1. The Morgan fingerprint density at radius 2 is 1.59 bits per heavy atom. The van der Waals surface area contributed by atoms with E-state index in [-0.39, 0.29) is 22.8 Å². The molecular formula is C20H32CoN6O5-4. The number of nitrogens with zero attached hydrogens (tertiary/aromatic N) is 5. The van der Waals surface area contributed by atoms with Crippen molar-refractivity contribution in [2.24, 2.45) is 10.3 Å². The average molecular weight is 495 g/mol. The molecule has 11 nitrogen and oxygen atoms in total. The quantitative estimate of drug-likeness (QED) is 0.371. The van der Waals surface area contributed by atoms with Gasteiger partial charge in [0.25, 0.3) is 0 Å². The first-order valence-corrected chi connectivity index (χ1v) is 10.2. The number of hydrogen-bond acceptors (Lipinski definition) is 10. The molecule has 0 atom stereocenters. The molecule has 0 radical (unpaired) electrons.